The van der Waals surface area contributed by atoms with Crippen molar-refractivity contribution in [3.63, 3.8) is 0 Å². The number of hydrogen-bond acceptors (Lipinski definition) is 8. The number of nitro groups is 2. The first kappa shape index (κ1) is 18.8. The summed E-state index contributed by atoms with van der Waals surface area (Å²) in [6.07, 6.45) is 0.134. The topological polar surface area (TPSA) is 154 Å². The Balaban J connectivity index is 3.23. The molecule has 0 heterocycles. The maximum Gasteiger partial charge on any atom is 0.329 e. The van der Waals surface area contributed by atoms with E-state index in [1.807, 2.05) is 5.48 Å². The van der Waals surface area contributed by atoms with Crippen molar-refractivity contribution in [2.75, 3.05) is 5.32 Å². The number of anilines is 1. The predicted octanol–water partition coefficient (Wildman–Crippen LogP) is 1.60. The monoisotopic (exact) mass is 340 g/mol. The molecule has 0 aliphatic heterocycles. The van der Waals surface area contributed by atoms with Crippen LogP contribution in [0.4, 0.5) is 17.1 Å². The number of rotatable bonds is 6. The van der Waals surface area contributed by atoms with Crippen molar-refractivity contribution in [3.05, 3.63) is 37.9 Å². The molecule has 0 aliphatic carbocycles. The highest BCUT2D eigenvalue weighted by molar-refractivity contribution is 5.87. The smallest absolute Gasteiger partial charge is 0.329 e. The van der Waals surface area contributed by atoms with Crippen molar-refractivity contribution in [1.82, 2.24) is 5.48 Å². The van der Waals surface area contributed by atoms with Gasteiger partial charge < -0.3 is 10.2 Å². The van der Waals surface area contributed by atoms with Gasteiger partial charge in [0.1, 0.15) is 6.04 Å². The number of amides is 1. The Hall–Kier alpha value is -3.24. The standard InChI is InChI=1S/C13H16N4O7/c1-4-9(13(19)15-24-8(3)18)14-12-10(16(20)21)5-7(2)6-11(12)17(22)23/h5-6,9,14H,4H2,1-3H3,(H,15,19). The summed E-state index contributed by atoms with van der Waals surface area (Å²) in [7, 11) is 0. The Bertz CT molecular complexity index is 654. The lowest BCUT2D eigenvalue weighted by atomic mass is 10.1. The first-order chi connectivity index (χ1) is 11.2. The number of hydroxylamine groups is 1. The molecule has 11 nitrogen and oxygen atoms in total. The van der Waals surface area contributed by atoms with Gasteiger partial charge in [-0.1, -0.05) is 6.92 Å². The molecule has 1 amide bonds. The number of carbonyl (C=O) groups excluding carboxylic acids is 2. The van der Waals surface area contributed by atoms with Gasteiger partial charge in [-0.3, -0.25) is 29.8 Å². The molecule has 2 N–H and O–H groups in total. The second-order valence-corrected chi connectivity index (χ2v) is 4.86. The Morgan fingerprint density at radius 1 is 1.21 bits per heavy atom. The van der Waals surface area contributed by atoms with Crippen LogP contribution < -0.4 is 10.8 Å². The van der Waals surface area contributed by atoms with Crippen molar-refractivity contribution in [1.29, 1.82) is 0 Å². The van der Waals surface area contributed by atoms with E-state index in [-0.39, 0.29) is 12.1 Å². The first-order valence-corrected chi connectivity index (χ1v) is 6.84. The highest BCUT2D eigenvalue weighted by atomic mass is 16.7. The molecule has 1 atom stereocenters. The second-order valence-electron chi connectivity index (χ2n) is 4.86. The van der Waals surface area contributed by atoms with Gasteiger partial charge in [-0.15, -0.1) is 0 Å². The molecule has 0 saturated heterocycles. The van der Waals surface area contributed by atoms with Crippen LogP contribution in [0.3, 0.4) is 0 Å². The van der Waals surface area contributed by atoms with E-state index >= 15 is 0 Å². The largest absolute Gasteiger partial charge is 0.362 e. The zero-order valence-corrected chi connectivity index (χ0v) is 13.2. The number of nitrogens with one attached hydrogen (secondary N) is 2. The van der Waals surface area contributed by atoms with Crippen LogP contribution in [0.1, 0.15) is 25.8 Å². The van der Waals surface area contributed by atoms with E-state index in [4.69, 9.17) is 0 Å². The molecule has 11 heteroatoms. The molecule has 0 radical (unpaired) electrons. The van der Waals surface area contributed by atoms with E-state index < -0.39 is 39.1 Å². The summed E-state index contributed by atoms with van der Waals surface area (Å²) in [5.74, 6) is -1.55. The van der Waals surface area contributed by atoms with E-state index in [1.165, 1.54) is 6.92 Å². The molecule has 0 bridgehead atoms. The number of nitrogens with zero attached hydrogens (tertiary/aromatic N) is 2. The van der Waals surface area contributed by atoms with Crippen LogP contribution in [-0.2, 0) is 14.4 Å². The van der Waals surface area contributed by atoms with Crippen molar-refractivity contribution >= 4 is 28.9 Å². The van der Waals surface area contributed by atoms with Gasteiger partial charge in [0.15, 0.2) is 5.69 Å². The van der Waals surface area contributed by atoms with E-state index in [1.54, 1.807) is 6.92 Å². The summed E-state index contributed by atoms with van der Waals surface area (Å²) < 4.78 is 0. The third-order valence-electron chi connectivity index (χ3n) is 2.97. The summed E-state index contributed by atoms with van der Waals surface area (Å²) in [5, 5.41) is 24.8. The third kappa shape index (κ3) is 4.63. The van der Waals surface area contributed by atoms with Crippen LogP contribution >= 0.6 is 0 Å². The van der Waals surface area contributed by atoms with Crippen LogP contribution in [0.15, 0.2) is 12.1 Å². The molecule has 0 spiro atoms. The highest BCUT2D eigenvalue weighted by Crippen LogP contribution is 2.36. The molecule has 0 saturated carbocycles. The van der Waals surface area contributed by atoms with Crippen LogP contribution in [0, 0.1) is 27.2 Å². The highest BCUT2D eigenvalue weighted by Gasteiger charge is 2.29. The third-order valence-corrected chi connectivity index (χ3v) is 2.97. The molecule has 1 aromatic rings. The SMILES string of the molecule is CCC(Nc1c([N+](=O)[O-])cc(C)cc1[N+](=O)[O-])C(=O)NOC(C)=O. The number of nitro benzene ring substituents is 2. The summed E-state index contributed by atoms with van der Waals surface area (Å²) in [5.41, 5.74) is 0.758. The Kier molecular flexibility index (Phi) is 6.15. The van der Waals surface area contributed by atoms with Crippen LogP contribution in [-0.4, -0.2) is 27.8 Å². The van der Waals surface area contributed by atoms with Gasteiger partial charge in [-0.2, -0.15) is 5.48 Å². The number of carbonyl (C=O) groups is 2. The molecule has 1 aromatic carbocycles. The summed E-state index contributed by atoms with van der Waals surface area (Å²) in [6, 6.07) is 1.24. The van der Waals surface area contributed by atoms with Crippen LogP contribution in [0.25, 0.3) is 0 Å². The van der Waals surface area contributed by atoms with Crippen molar-refractivity contribution in [2.45, 2.75) is 33.2 Å². The minimum atomic E-state index is -1.08. The van der Waals surface area contributed by atoms with Gasteiger partial charge in [-0.25, -0.2) is 0 Å². The molecular weight excluding hydrogens is 324 g/mol. The first-order valence-electron chi connectivity index (χ1n) is 6.84. The minimum absolute atomic E-state index is 0.134. The van der Waals surface area contributed by atoms with E-state index in [0.29, 0.717) is 5.56 Å². The van der Waals surface area contributed by atoms with Crippen molar-refractivity contribution in [3.8, 4) is 0 Å². The van der Waals surface area contributed by atoms with Gasteiger partial charge in [0, 0.05) is 19.1 Å². The van der Waals surface area contributed by atoms with Gasteiger partial charge >= 0.3 is 5.97 Å². The summed E-state index contributed by atoms with van der Waals surface area (Å²) in [6.45, 7) is 4.13. The zero-order chi connectivity index (χ0) is 18.4. The Morgan fingerprint density at radius 2 is 1.71 bits per heavy atom. The zero-order valence-electron chi connectivity index (χ0n) is 13.2. The van der Waals surface area contributed by atoms with E-state index in [9.17, 15) is 29.8 Å². The predicted molar refractivity (Wildman–Crippen MR) is 82.1 cm³/mol. The fourth-order valence-electron chi connectivity index (χ4n) is 1.90. The average molecular weight is 340 g/mol. The molecule has 1 unspecified atom stereocenters. The van der Waals surface area contributed by atoms with Gasteiger partial charge in [0.25, 0.3) is 17.3 Å². The quantitative estimate of drug-likeness (QED) is 0.584. The van der Waals surface area contributed by atoms with Crippen LogP contribution in [0.5, 0.6) is 0 Å². The van der Waals surface area contributed by atoms with Gasteiger partial charge in [0.05, 0.1) is 9.85 Å². The molecule has 130 valence electrons. The van der Waals surface area contributed by atoms with E-state index in [2.05, 4.69) is 10.2 Å². The lowest BCUT2D eigenvalue weighted by molar-refractivity contribution is -0.392. The molecule has 0 fully saturated rings. The summed E-state index contributed by atoms with van der Waals surface area (Å²) >= 11 is 0. The Morgan fingerprint density at radius 3 is 2.08 bits per heavy atom. The fraction of sp³-hybridized carbons (Fsp3) is 0.385. The molecule has 24 heavy (non-hydrogen) atoms. The number of aryl methyl sites for hydroxylation is 1. The van der Waals surface area contributed by atoms with Crippen molar-refractivity contribution in [2.24, 2.45) is 0 Å². The lowest BCUT2D eigenvalue weighted by Gasteiger charge is -2.17. The number of hydrogen-bond donors (Lipinski definition) is 2. The maximum absolute atomic E-state index is 11.9. The van der Waals surface area contributed by atoms with Gasteiger partial charge in [0.2, 0.25) is 0 Å². The normalized spacial score (nSPS) is 11.3. The molecule has 1 rings (SSSR count). The van der Waals surface area contributed by atoms with E-state index in [0.717, 1.165) is 19.1 Å². The minimum Gasteiger partial charge on any atom is -0.362 e. The van der Waals surface area contributed by atoms with Crippen molar-refractivity contribution < 1.29 is 24.3 Å². The molecule has 0 aromatic heterocycles. The Labute approximate surface area is 136 Å². The van der Waals surface area contributed by atoms with Crippen LogP contribution in [0.2, 0.25) is 0 Å². The molecular formula is C13H16N4O7. The maximum atomic E-state index is 11.9. The average Bonchev–Trinajstić information content (AvgIpc) is 2.50. The second kappa shape index (κ2) is 7.85. The number of benzene rings is 1. The summed E-state index contributed by atoms with van der Waals surface area (Å²) in [4.78, 5) is 47.8. The van der Waals surface area contributed by atoms with Gasteiger partial charge in [-0.05, 0) is 18.9 Å². The fourth-order valence-corrected chi connectivity index (χ4v) is 1.90. The molecule has 0 aliphatic rings. The lowest BCUT2D eigenvalue weighted by Crippen LogP contribution is -2.40.